The van der Waals surface area contributed by atoms with Gasteiger partial charge in [0.15, 0.2) is 6.10 Å². The lowest BCUT2D eigenvalue weighted by Gasteiger charge is -2.12. The summed E-state index contributed by atoms with van der Waals surface area (Å²) < 4.78 is 10.3. The highest BCUT2D eigenvalue weighted by molar-refractivity contribution is 5.91. The number of carbonyl (C=O) groups is 2. The Balaban J connectivity index is 2.04. The summed E-state index contributed by atoms with van der Waals surface area (Å²) in [6.45, 7) is 2.30. The molecule has 1 saturated heterocycles. The summed E-state index contributed by atoms with van der Waals surface area (Å²) in [6.07, 6.45) is -0.869. The van der Waals surface area contributed by atoms with Crippen LogP contribution in [-0.2, 0) is 4.74 Å². The van der Waals surface area contributed by atoms with Crippen LogP contribution in [0.15, 0.2) is 18.2 Å². The largest absolute Gasteiger partial charge is 0.489 e. The Hall–Kier alpha value is -2.24. The molecule has 0 aliphatic carbocycles. The summed E-state index contributed by atoms with van der Waals surface area (Å²) >= 11 is 0. The Morgan fingerprint density at radius 1 is 1.61 bits per heavy atom. The number of carboxylic acid groups (broad SMARTS) is 1. The number of rotatable bonds is 4. The van der Waals surface area contributed by atoms with Gasteiger partial charge < -0.3 is 19.9 Å². The Bertz CT molecular complexity index is 485. The van der Waals surface area contributed by atoms with E-state index in [0.717, 1.165) is 5.56 Å². The van der Waals surface area contributed by atoms with Crippen LogP contribution in [0.25, 0.3) is 0 Å². The lowest BCUT2D eigenvalue weighted by molar-refractivity contribution is 0.0684. The quantitative estimate of drug-likeness (QED) is 0.839. The number of nitrogens with one attached hydrogen (secondary N) is 1. The molecular weight excluding hydrogens is 238 g/mol. The molecule has 0 spiro atoms. The van der Waals surface area contributed by atoms with E-state index in [9.17, 15) is 9.59 Å². The first-order valence-corrected chi connectivity index (χ1v) is 5.47. The molecule has 1 atom stereocenters. The van der Waals surface area contributed by atoms with Gasteiger partial charge in [-0.05, 0) is 19.1 Å². The van der Waals surface area contributed by atoms with Crippen molar-refractivity contribution in [2.75, 3.05) is 13.2 Å². The molecule has 1 amide bonds. The first kappa shape index (κ1) is 12.2. The third-order valence-corrected chi connectivity index (χ3v) is 2.54. The molecule has 18 heavy (non-hydrogen) atoms. The van der Waals surface area contributed by atoms with Gasteiger partial charge in [0.2, 0.25) is 0 Å². The minimum atomic E-state index is -1.05. The summed E-state index contributed by atoms with van der Waals surface area (Å²) in [7, 11) is 0. The summed E-state index contributed by atoms with van der Waals surface area (Å²) in [5.74, 6) is -0.772. The summed E-state index contributed by atoms with van der Waals surface area (Å²) in [4.78, 5) is 21.8. The fourth-order valence-corrected chi connectivity index (χ4v) is 1.64. The number of aryl methyl sites for hydroxylation is 1. The molecule has 96 valence electrons. The van der Waals surface area contributed by atoms with Gasteiger partial charge in [0.05, 0.1) is 6.54 Å². The number of aromatic carboxylic acids is 1. The minimum Gasteiger partial charge on any atom is -0.489 e. The molecular formula is C12H13NO5. The van der Waals surface area contributed by atoms with E-state index in [0.29, 0.717) is 6.54 Å². The maximum atomic E-state index is 11.0. The summed E-state index contributed by atoms with van der Waals surface area (Å²) in [6, 6.07) is 4.90. The van der Waals surface area contributed by atoms with Crippen molar-refractivity contribution in [2.24, 2.45) is 0 Å². The molecule has 6 nitrogen and oxygen atoms in total. The van der Waals surface area contributed by atoms with Crippen molar-refractivity contribution in [3.8, 4) is 5.75 Å². The predicted octanol–water partition coefficient (Wildman–Crippen LogP) is 1.18. The molecule has 1 aliphatic rings. The average molecular weight is 251 g/mol. The van der Waals surface area contributed by atoms with E-state index in [2.05, 4.69) is 5.32 Å². The zero-order valence-electron chi connectivity index (χ0n) is 9.80. The lowest BCUT2D eigenvalue weighted by Crippen LogP contribution is -2.22. The molecule has 1 heterocycles. The van der Waals surface area contributed by atoms with E-state index in [1.807, 2.05) is 0 Å². The van der Waals surface area contributed by atoms with Crippen LogP contribution < -0.4 is 10.1 Å². The number of cyclic esters (lactones) is 1. The monoisotopic (exact) mass is 251 g/mol. The fraction of sp³-hybridized carbons (Fsp3) is 0.333. The maximum Gasteiger partial charge on any atom is 0.407 e. The van der Waals surface area contributed by atoms with Crippen molar-refractivity contribution in [1.82, 2.24) is 5.32 Å². The van der Waals surface area contributed by atoms with Gasteiger partial charge in [0.1, 0.15) is 17.9 Å². The van der Waals surface area contributed by atoms with Gasteiger partial charge in [-0.15, -0.1) is 0 Å². The highest BCUT2D eigenvalue weighted by Gasteiger charge is 2.23. The SMILES string of the molecule is Cc1ccc(OCC2CNC(=O)O2)c(C(=O)O)c1. The van der Waals surface area contributed by atoms with E-state index in [1.165, 1.54) is 6.07 Å². The number of amides is 1. The van der Waals surface area contributed by atoms with Gasteiger partial charge in [-0.25, -0.2) is 9.59 Å². The van der Waals surface area contributed by atoms with E-state index in [1.54, 1.807) is 19.1 Å². The zero-order valence-corrected chi connectivity index (χ0v) is 9.80. The van der Waals surface area contributed by atoms with Gasteiger partial charge in [0.25, 0.3) is 0 Å². The van der Waals surface area contributed by atoms with Crippen molar-refractivity contribution in [3.63, 3.8) is 0 Å². The Morgan fingerprint density at radius 2 is 2.39 bits per heavy atom. The molecule has 2 N–H and O–H groups in total. The number of alkyl carbamates (subject to hydrolysis) is 1. The number of carbonyl (C=O) groups excluding carboxylic acids is 1. The third kappa shape index (κ3) is 2.71. The second kappa shape index (κ2) is 4.95. The van der Waals surface area contributed by atoms with Crippen LogP contribution in [0.1, 0.15) is 15.9 Å². The number of hydrogen-bond acceptors (Lipinski definition) is 4. The second-order valence-electron chi connectivity index (χ2n) is 4.02. The molecule has 0 saturated carbocycles. The summed E-state index contributed by atoms with van der Waals surface area (Å²) in [5, 5.41) is 11.5. The van der Waals surface area contributed by atoms with E-state index in [-0.39, 0.29) is 24.0 Å². The molecule has 1 aromatic carbocycles. The fourth-order valence-electron chi connectivity index (χ4n) is 1.64. The molecule has 1 unspecified atom stereocenters. The number of ether oxygens (including phenoxy) is 2. The highest BCUT2D eigenvalue weighted by Crippen LogP contribution is 2.20. The molecule has 0 bridgehead atoms. The third-order valence-electron chi connectivity index (χ3n) is 2.54. The molecule has 0 radical (unpaired) electrons. The van der Waals surface area contributed by atoms with Crippen molar-refractivity contribution >= 4 is 12.1 Å². The standard InChI is InChI=1S/C12H13NO5/c1-7-2-3-10(9(4-7)11(14)15)17-6-8-5-13-12(16)18-8/h2-4,8H,5-6H2,1H3,(H,13,16)(H,14,15). The number of benzene rings is 1. The van der Waals surface area contributed by atoms with Crippen molar-refractivity contribution in [1.29, 1.82) is 0 Å². The Labute approximate surface area is 104 Å². The Morgan fingerprint density at radius 3 is 3.00 bits per heavy atom. The minimum absolute atomic E-state index is 0.104. The van der Waals surface area contributed by atoms with Gasteiger partial charge in [-0.3, -0.25) is 0 Å². The lowest BCUT2D eigenvalue weighted by atomic mass is 10.1. The number of carboxylic acids is 1. The summed E-state index contributed by atoms with van der Waals surface area (Å²) in [5.41, 5.74) is 0.945. The zero-order chi connectivity index (χ0) is 13.1. The van der Waals surface area contributed by atoms with Crippen LogP contribution in [0.5, 0.6) is 5.75 Å². The topological polar surface area (TPSA) is 84.9 Å². The van der Waals surface area contributed by atoms with Gasteiger partial charge in [-0.2, -0.15) is 0 Å². The van der Waals surface area contributed by atoms with E-state index < -0.39 is 12.1 Å². The smallest absolute Gasteiger partial charge is 0.407 e. The van der Waals surface area contributed by atoms with E-state index >= 15 is 0 Å². The van der Waals surface area contributed by atoms with Gasteiger partial charge >= 0.3 is 12.1 Å². The second-order valence-corrected chi connectivity index (χ2v) is 4.02. The van der Waals surface area contributed by atoms with Crippen molar-refractivity contribution in [3.05, 3.63) is 29.3 Å². The predicted molar refractivity (Wildman–Crippen MR) is 61.9 cm³/mol. The molecule has 1 aromatic rings. The van der Waals surface area contributed by atoms with Crippen molar-refractivity contribution < 1.29 is 24.2 Å². The average Bonchev–Trinajstić information content (AvgIpc) is 2.73. The Kier molecular flexibility index (Phi) is 3.36. The first-order valence-electron chi connectivity index (χ1n) is 5.47. The van der Waals surface area contributed by atoms with Crippen LogP contribution in [0, 0.1) is 6.92 Å². The van der Waals surface area contributed by atoms with Crippen molar-refractivity contribution in [2.45, 2.75) is 13.0 Å². The van der Waals surface area contributed by atoms with Gasteiger partial charge in [0, 0.05) is 0 Å². The molecule has 1 aliphatic heterocycles. The number of hydrogen-bond donors (Lipinski definition) is 2. The molecule has 0 aromatic heterocycles. The van der Waals surface area contributed by atoms with Crippen LogP contribution in [0.3, 0.4) is 0 Å². The molecule has 2 rings (SSSR count). The van der Waals surface area contributed by atoms with Crippen LogP contribution in [0.2, 0.25) is 0 Å². The van der Waals surface area contributed by atoms with Crippen LogP contribution in [0.4, 0.5) is 4.79 Å². The molecule has 1 fully saturated rings. The van der Waals surface area contributed by atoms with Gasteiger partial charge in [-0.1, -0.05) is 11.6 Å². The first-order chi connectivity index (χ1) is 8.56. The van der Waals surface area contributed by atoms with Crippen LogP contribution in [-0.4, -0.2) is 36.4 Å². The highest BCUT2D eigenvalue weighted by atomic mass is 16.6. The van der Waals surface area contributed by atoms with E-state index in [4.69, 9.17) is 14.6 Å². The maximum absolute atomic E-state index is 11.0. The van der Waals surface area contributed by atoms with Crippen LogP contribution >= 0.6 is 0 Å². The molecule has 6 heteroatoms. The normalized spacial score (nSPS) is 18.1.